The van der Waals surface area contributed by atoms with E-state index in [0.29, 0.717) is 0 Å². The Morgan fingerprint density at radius 2 is 2.43 bits per heavy atom. The molecule has 0 amide bonds. The molecular formula is C10H15BrN2O. The molecule has 3 nitrogen and oxygen atoms in total. The van der Waals surface area contributed by atoms with Crippen molar-refractivity contribution in [2.75, 3.05) is 13.7 Å². The lowest BCUT2D eigenvalue weighted by Gasteiger charge is -2.10. The lowest BCUT2D eigenvalue weighted by molar-refractivity contribution is 0.190. The van der Waals surface area contributed by atoms with Gasteiger partial charge in [-0.3, -0.25) is 4.98 Å². The van der Waals surface area contributed by atoms with Gasteiger partial charge < -0.3 is 10.5 Å². The van der Waals surface area contributed by atoms with Crippen molar-refractivity contribution in [3.63, 3.8) is 0 Å². The maximum atomic E-state index is 5.97. The third kappa shape index (κ3) is 3.74. The van der Waals surface area contributed by atoms with Gasteiger partial charge in [-0.1, -0.05) is 15.9 Å². The Balaban J connectivity index is 2.47. The molecular weight excluding hydrogens is 244 g/mol. The molecule has 0 bridgehead atoms. The van der Waals surface area contributed by atoms with Crippen LogP contribution in [0.15, 0.2) is 22.8 Å². The van der Waals surface area contributed by atoms with Crippen molar-refractivity contribution in [3.8, 4) is 0 Å². The van der Waals surface area contributed by atoms with E-state index >= 15 is 0 Å². The zero-order chi connectivity index (χ0) is 10.4. The minimum absolute atomic E-state index is 0.00245. The van der Waals surface area contributed by atoms with Gasteiger partial charge in [0.2, 0.25) is 0 Å². The molecule has 0 aliphatic rings. The third-order valence-corrected chi connectivity index (χ3v) is 2.48. The van der Waals surface area contributed by atoms with Crippen LogP contribution >= 0.6 is 15.9 Å². The molecule has 78 valence electrons. The van der Waals surface area contributed by atoms with Crippen molar-refractivity contribution >= 4 is 15.9 Å². The number of hydrogen-bond acceptors (Lipinski definition) is 3. The van der Waals surface area contributed by atoms with E-state index < -0.39 is 0 Å². The van der Waals surface area contributed by atoms with E-state index in [4.69, 9.17) is 10.5 Å². The molecule has 1 unspecified atom stereocenters. The maximum Gasteiger partial charge on any atom is 0.0582 e. The zero-order valence-electron chi connectivity index (χ0n) is 8.24. The van der Waals surface area contributed by atoms with E-state index in [0.717, 1.165) is 29.6 Å². The zero-order valence-corrected chi connectivity index (χ0v) is 9.83. The van der Waals surface area contributed by atoms with Gasteiger partial charge in [-0.25, -0.2) is 0 Å². The van der Waals surface area contributed by atoms with Crippen LogP contribution in [0.2, 0.25) is 0 Å². The fourth-order valence-corrected chi connectivity index (χ4v) is 1.57. The quantitative estimate of drug-likeness (QED) is 0.825. The normalized spacial score (nSPS) is 12.8. The van der Waals surface area contributed by atoms with Crippen molar-refractivity contribution in [1.82, 2.24) is 4.98 Å². The molecule has 2 N–H and O–H groups in total. The highest BCUT2D eigenvalue weighted by Gasteiger charge is 2.06. The van der Waals surface area contributed by atoms with E-state index in [1.54, 1.807) is 13.3 Å². The molecule has 0 saturated carbocycles. The molecule has 1 aromatic heterocycles. The summed E-state index contributed by atoms with van der Waals surface area (Å²) in [6.45, 7) is 0.752. The number of pyridine rings is 1. The van der Waals surface area contributed by atoms with E-state index in [2.05, 4.69) is 20.9 Å². The molecule has 14 heavy (non-hydrogen) atoms. The SMILES string of the molecule is COCCCC(N)c1cc(Br)ccn1. The first-order valence-corrected chi connectivity index (χ1v) is 5.39. The summed E-state index contributed by atoms with van der Waals surface area (Å²) in [6.07, 6.45) is 3.62. The Labute approximate surface area is 92.8 Å². The second-order valence-corrected chi connectivity index (χ2v) is 4.06. The van der Waals surface area contributed by atoms with Gasteiger partial charge in [-0.05, 0) is 25.0 Å². The molecule has 1 atom stereocenters. The van der Waals surface area contributed by atoms with Crippen LogP contribution in [-0.2, 0) is 4.74 Å². The summed E-state index contributed by atoms with van der Waals surface area (Å²) in [5, 5.41) is 0. The second kappa shape index (κ2) is 6.11. The number of nitrogens with two attached hydrogens (primary N) is 1. The first-order chi connectivity index (χ1) is 6.74. The summed E-state index contributed by atoms with van der Waals surface area (Å²) < 4.78 is 5.98. The van der Waals surface area contributed by atoms with E-state index in [9.17, 15) is 0 Å². The molecule has 0 fully saturated rings. The largest absolute Gasteiger partial charge is 0.385 e. The molecule has 0 radical (unpaired) electrons. The number of nitrogens with zero attached hydrogens (tertiary/aromatic N) is 1. The van der Waals surface area contributed by atoms with Gasteiger partial charge in [0.15, 0.2) is 0 Å². The Kier molecular flexibility index (Phi) is 5.07. The molecule has 1 heterocycles. The number of methoxy groups -OCH3 is 1. The van der Waals surface area contributed by atoms with Crippen LogP contribution in [0, 0.1) is 0 Å². The first kappa shape index (κ1) is 11.6. The number of rotatable bonds is 5. The Bertz CT molecular complexity index is 281. The fourth-order valence-electron chi connectivity index (χ4n) is 1.22. The number of aromatic nitrogens is 1. The lowest BCUT2D eigenvalue weighted by atomic mass is 10.1. The Hall–Kier alpha value is -0.450. The summed E-state index contributed by atoms with van der Waals surface area (Å²) in [5.74, 6) is 0. The summed E-state index contributed by atoms with van der Waals surface area (Å²) in [7, 11) is 1.70. The van der Waals surface area contributed by atoms with Crippen LogP contribution in [0.4, 0.5) is 0 Å². The predicted molar refractivity (Wildman–Crippen MR) is 60.0 cm³/mol. The minimum Gasteiger partial charge on any atom is -0.385 e. The summed E-state index contributed by atoms with van der Waals surface area (Å²) in [6, 6.07) is 3.85. The molecule has 0 saturated heterocycles. The van der Waals surface area contributed by atoms with Gasteiger partial charge in [0, 0.05) is 30.4 Å². The van der Waals surface area contributed by atoms with Crippen LogP contribution in [0.25, 0.3) is 0 Å². The molecule has 0 aliphatic carbocycles. The van der Waals surface area contributed by atoms with Crippen LogP contribution in [-0.4, -0.2) is 18.7 Å². The van der Waals surface area contributed by atoms with Gasteiger partial charge >= 0.3 is 0 Å². The van der Waals surface area contributed by atoms with Gasteiger partial charge in [0.1, 0.15) is 0 Å². The summed E-state index contributed by atoms with van der Waals surface area (Å²) in [4.78, 5) is 4.22. The minimum atomic E-state index is 0.00245. The first-order valence-electron chi connectivity index (χ1n) is 4.60. The molecule has 4 heteroatoms. The molecule has 0 spiro atoms. The number of halogens is 1. The van der Waals surface area contributed by atoms with Gasteiger partial charge in [0.05, 0.1) is 5.69 Å². The fraction of sp³-hybridized carbons (Fsp3) is 0.500. The van der Waals surface area contributed by atoms with Gasteiger partial charge in [-0.2, -0.15) is 0 Å². The van der Waals surface area contributed by atoms with E-state index in [1.165, 1.54) is 0 Å². The Morgan fingerprint density at radius 3 is 3.07 bits per heavy atom. The second-order valence-electron chi connectivity index (χ2n) is 3.14. The van der Waals surface area contributed by atoms with Crippen LogP contribution < -0.4 is 5.73 Å². The average Bonchev–Trinajstić information content (AvgIpc) is 2.18. The predicted octanol–water partition coefficient (Wildman–Crippen LogP) is 2.27. The van der Waals surface area contributed by atoms with Crippen molar-refractivity contribution in [1.29, 1.82) is 0 Å². The van der Waals surface area contributed by atoms with Crippen molar-refractivity contribution in [2.45, 2.75) is 18.9 Å². The van der Waals surface area contributed by atoms with E-state index in [1.807, 2.05) is 12.1 Å². The molecule has 0 aliphatic heterocycles. The molecule has 1 aromatic rings. The smallest absolute Gasteiger partial charge is 0.0582 e. The van der Waals surface area contributed by atoms with Crippen LogP contribution in [0.1, 0.15) is 24.6 Å². The highest BCUT2D eigenvalue weighted by atomic mass is 79.9. The highest BCUT2D eigenvalue weighted by molar-refractivity contribution is 9.10. The molecule has 1 rings (SSSR count). The van der Waals surface area contributed by atoms with Crippen molar-refractivity contribution in [2.24, 2.45) is 5.73 Å². The summed E-state index contributed by atoms with van der Waals surface area (Å²) >= 11 is 3.39. The van der Waals surface area contributed by atoms with Gasteiger partial charge in [-0.15, -0.1) is 0 Å². The number of ether oxygens (including phenoxy) is 1. The standard InChI is InChI=1S/C10H15BrN2O/c1-14-6-2-3-9(12)10-7-8(11)4-5-13-10/h4-5,7,9H,2-3,6,12H2,1H3. The van der Waals surface area contributed by atoms with Crippen molar-refractivity contribution < 1.29 is 4.74 Å². The van der Waals surface area contributed by atoms with Crippen LogP contribution in [0.3, 0.4) is 0 Å². The maximum absolute atomic E-state index is 5.97. The number of hydrogen-bond donors (Lipinski definition) is 1. The highest BCUT2D eigenvalue weighted by Crippen LogP contribution is 2.17. The van der Waals surface area contributed by atoms with Gasteiger partial charge in [0.25, 0.3) is 0 Å². The Morgan fingerprint density at radius 1 is 1.64 bits per heavy atom. The lowest BCUT2D eigenvalue weighted by Crippen LogP contribution is -2.12. The topological polar surface area (TPSA) is 48.1 Å². The monoisotopic (exact) mass is 258 g/mol. The van der Waals surface area contributed by atoms with Crippen LogP contribution in [0.5, 0.6) is 0 Å². The third-order valence-electron chi connectivity index (χ3n) is 1.99. The average molecular weight is 259 g/mol. The molecule has 0 aromatic carbocycles. The van der Waals surface area contributed by atoms with Crippen molar-refractivity contribution in [3.05, 3.63) is 28.5 Å². The van der Waals surface area contributed by atoms with E-state index in [-0.39, 0.29) is 6.04 Å². The summed E-state index contributed by atoms with van der Waals surface area (Å²) in [5.41, 5.74) is 6.89.